The molecule has 2 aromatic carbocycles. The molecule has 1 N–H and O–H groups in total. The highest BCUT2D eigenvalue weighted by molar-refractivity contribution is 5.78. The molecule has 2 heterocycles. The molecule has 23 heavy (non-hydrogen) atoms. The molecule has 0 bridgehead atoms. The number of rotatable bonds is 2. The lowest BCUT2D eigenvalue weighted by Gasteiger charge is -2.06. The molecule has 0 unspecified atom stereocenters. The molecule has 4 aromatic rings. The van der Waals surface area contributed by atoms with Gasteiger partial charge >= 0.3 is 0 Å². The molecular weight excluding hydrogens is 286 g/mol. The molecule has 0 aliphatic rings. The number of aryl methyl sites for hydroxylation is 1. The molecule has 0 radical (unpaired) electrons. The Morgan fingerprint density at radius 3 is 2.48 bits per heavy atom. The number of hydrogen-bond acceptors (Lipinski definition) is 2. The lowest BCUT2D eigenvalue weighted by atomic mass is 10.1. The van der Waals surface area contributed by atoms with Gasteiger partial charge in [-0.25, -0.2) is 9.50 Å². The van der Waals surface area contributed by atoms with Crippen molar-refractivity contribution >= 4 is 5.65 Å². The van der Waals surface area contributed by atoms with Gasteiger partial charge in [0, 0.05) is 23.4 Å². The van der Waals surface area contributed by atoms with Crippen molar-refractivity contribution in [1.29, 1.82) is 0 Å². The summed E-state index contributed by atoms with van der Waals surface area (Å²) in [6.45, 7) is 2.02. The van der Waals surface area contributed by atoms with Gasteiger partial charge in [0.05, 0.1) is 5.69 Å². The highest BCUT2D eigenvalue weighted by Gasteiger charge is 2.12. The number of hydrogen-bond donors (Lipinski definition) is 1. The van der Waals surface area contributed by atoms with Gasteiger partial charge in [0.2, 0.25) is 0 Å². The topological polar surface area (TPSA) is 50.2 Å². The summed E-state index contributed by atoms with van der Waals surface area (Å²) in [5, 5.41) is 2.99. The third-order valence-electron chi connectivity index (χ3n) is 4.00. The number of H-pyrrole nitrogens is 1. The van der Waals surface area contributed by atoms with E-state index in [1.807, 2.05) is 67.7 Å². The molecule has 112 valence electrons. The Morgan fingerprint density at radius 1 is 0.957 bits per heavy atom. The summed E-state index contributed by atoms with van der Waals surface area (Å²) in [6.07, 6.45) is 1.82. The lowest BCUT2D eigenvalue weighted by molar-refractivity contribution is 0.901. The maximum Gasteiger partial charge on any atom is 0.273 e. The fraction of sp³-hybridized carbons (Fsp3) is 0.0526. The third-order valence-corrected chi connectivity index (χ3v) is 4.00. The Balaban J connectivity index is 2.00. The van der Waals surface area contributed by atoms with Crippen molar-refractivity contribution in [3.05, 3.63) is 82.8 Å². The second-order valence-electron chi connectivity index (χ2n) is 5.51. The Kier molecular flexibility index (Phi) is 3.08. The summed E-state index contributed by atoms with van der Waals surface area (Å²) >= 11 is 0. The van der Waals surface area contributed by atoms with Crippen LogP contribution in [0.5, 0.6) is 0 Å². The summed E-state index contributed by atoms with van der Waals surface area (Å²) in [7, 11) is 0. The molecule has 0 aliphatic carbocycles. The van der Waals surface area contributed by atoms with Gasteiger partial charge in [-0.3, -0.25) is 9.89 Å². The first-order valence-electron chi connectivity index (χ1n) is 7.46. The fourth-order valence-electron chi connectivity index (χ4n) is 2.81. The van der Waals surface area contributed by atoms with Crippen LogP contribution in [-0.4, -0.2) is 14.6 Å². The second kappa shape index (κ2) is 5.25. The predicted molar refractivity (Wildman–Crippen MR) is 91.4 cm³/mol. The number of benzene rings is 2. The zero-order chi connectivity index (χ0) is 15.8. The first-order chi connectivity index (χ1) is 11.2. The summed E-state index contributed by atoms with van der Waals surface area (Å²) in [6, 6.07) is 19.5. The Morgan fingerprint density at radius 2 is 1.70 bits per heavy atom. The smallest absolute Gasteiger partial charge is 0.273 e. The molecule has 0 saturated carbocycles. The summed E-state index contributed by atoms with van der Waals surface area (Å²) in [5.74, 6) is 0. The molecule has 0 spiro atoms. The van der Waals surface area contributed by atoms with Gasteiger partial charge in [-0.2, -0.15) is 0 Å². The van der Waals surface area contributed by atoms with Crippen LogP contribution in [0.3, 0.4) is 0 Å². The van der Waals surface area contributed by atoms with Crippen LogP contribution in [0.15, 0.2) is 71.7 Å². The van der Waals surface area contributed by atoms with Gasteiger partial charge in [-0.15, -0.1) is 0 Å². The SMILES string of the molecule is Cc1ccccc1-c1cc(=O)n2[nH]cc(-c3ccccc3)c2n1. The summed E-state index contributed by atoms with van der Waals surface area (Å²) in [4.78, 5) is 17.2. The van der Waals surface area contributed by atoms with E-state index < -0.39 is 0 Å². The van der Waals surface area contributed by atoms with E-state index in [2.05, 4.69) is 5.10 Å². The number of aromatic amines is 1. The number of aromatic nitrogens is 3. The van der Waals surface area contributed by atoms with Gasteiger partial charge < -0.3 is 0 Å². The van der Waals surface area contributed by atoms with Crippen LogP contribution < -0.4 is 5.56 Å². The average Bonchev–Trinajstić information content (AvgIpc) is 3.00. The van der Waals surface area contributed by atoms with Gasteiger partial charge in [0.15, 0.2) is 5.65 Å². The van der Waals surface area contributed by atoms with Crippen LogP contribution in [0.4, 0.5) is 0 Å². The molecular formula is C19H15N3O. The monoisotopic (exact) mass is 301 g/mol. The maximum atomic E-state index is 12.4. The van der Waals surface area contributed by atoms with Crippen LogP contribution in [0, 0.1) is 6.92 Å². The number of fused-ring (bicyclic) bond motifs is 1. The molecule has 4 heteroatoms. The first kappa shape index (κ1) is 13.5. The zero-order valence-electron chi connectivity index (χ0n) is 12.7. The molecule has 2 aromatic heterocycles. The molecule has 0 amide bonds. The van der Waals surface area contributed by atoms with Gasteiger partial charge in [0.1, 0.15) is 0 Å². The first-order valence-corrected chi connectivity index (χ1v) is 7.46. The summed E-state index contributed by atoms with van der Waals surface area (Å²) in [5.41, 5.74) is 5.24. The Bertz CT molecular complexity index is 1050. The van der Waals surface area contributed by atoms with Gasteiger partial charge in [-0.05, 0) is 18.1 Å². The van der Waals surface area contributed by atoms with E-state index in [9.17, 15) is 4.79 Å². The van der Waals surface area contributed by atoms with Crippen molar-refractivity contribution in [2.45, 2.75) is 6.92 Å². The Hall–Kier alpha value is -3.14. The summed E-state index contributed by atoms with van der Waals surface area (Å²) < 4.78 is 1.48. The largest absolute Gasteiger partial charge is 0.296 e. The van der Waals surface area contributed by atoms with Gasteiger partial charge in [-0.1, -0.05) is 54.6 Å². The van der Waals surface area contributed by atoms with Crippen LogP contribution in [0.2, 0.25) is 0 Å². The van der Waals surface area contributed by atoms with Crippen molar-refractivity contribution in [3.8, 4) is 22.4 Å². The van der Waals surface area contributed by atoms with Gasteiger partial charge in [0.25, 0.3) is 5.56 Å². The third kappa shape index (κ3) is 2.25. The molecule has 0 aliphatic heterocycles. The van der Waals surface area contributed by atoms with E-state index in [0.717, 1.165) is 22.3 Å². The van der Waals surface area contributed by atoms with Crippen LogP contribution in [0.1, 0.15) is 5.56 Å². The van der Waals surface area contributed by atoms with Crippen molar-refractivity contribution in [1.82, 2.24) is 14.6 Å². The minimum Gasteiger partial charge on any atom is -0.296 e. The minimum atomic E-state index is -0.115. The average molecular weight is 301 g/mol. The highest BCUT2D eigenvalue weighted by Crippen LogP contribution is 2.25. The maximum absolute atomic E-state index is 12.4. The number of nitrogens with zero attached hydrogens (tertiary/aromatic N) is 2. The van der Waals surface area contributed by atoms with E-state index in [0.29, 0.717) is 11.3 Å². The van der Waals surface area contributed by atoms with E-state index >= 15 is 0 Å². The molecule has 4 rings (SSSR count). The van der Waals surface area contributed by atoms with E-state index in [1.54, 1.807) is 6.07 Å². The molecule has 0 fully saturated rings. The highest BCUT2D eigenvalue weighted by atomic mass is 16.1. The minimum absolute atomic E-state index is 0.115. The quantitative estimate of drug-likeness (QED) is 0.614. The zero-order valence-corrected chi connectivity index (χ0v) is 12.7. The lowest BCUT2D eigenvalue weighted by Crippen LogP contribution is -2.14. The molecule has 0 atom stereocenters. The standard InChI is InChI=1S/C19H15N3O/c1-13-7-5-6-10-15(13)17-11-18(23)22-19(21-17)16(12-20-22)14-8-3-2-4-9-14/h2-12,20H,1H3. The molecule has 0 saturated heterocycles. The number of nitrogens with one attached hydrogen (secondary N) is 1. The normalized spacial score (nSPS) is 11.0. The molecule has 4 nitrogen and oxygen atoms in total. The fourth-order valence-corrected chi connectivity index (χ4v) is 2.81. The van der Waals surface area contributed by atoms with E-state index in [1.165, 1.54) is 4.52 Å². The second-order valence-corrected chi connectivity index (χ2v) is 5.51. The van der Waals surface area contributed by atoms with Crippen molar-refractivity contribution in [2.24, 2.45) is 0 Å². The van der Waals surface area contributed by atoms with Crippen molar-refractivity contribution < 1.29 is 0 Å². The van der Waals surface area contributed by atoms with Crippen molar-refractivity contribution in [2.75, 3.05) is 0 Å². The van der Waals surface area contributed by atoms with E-state index in [4.69, 9.17) is 4.98 Å². The van der Waals surface area contributed by atoms with Crippen LogP contribution >= 0.6 is 0 Å². The Labute approximate surface area is 133 Å². The van der Waals surface area contributed by atoms with Crippen molar-refractivity contribution in [3.63, 3.8) is 0 Å². The predicted octanol–water partition coefficient (Wildman–Crippen LogP) is 3.67. The van der Waals surface area contributed by atoms with E-state index in [-0.39, 0.29) is 5.56 Å². The van der Waals surface area contributed by atoms with Crippen LogP contribution in [0.25, 0.3) is 28.0 Å². The van der Waals surface area contributed by atoms with Crippen LogP contribution in [-0.2, 0) is 0 Å².